The number of aryl methyl sites for hydroxylation is 1. The maximum atomic E-state index is 12.2. The number of ether oxygens (including phenoxy) is 1. The van der Waals surface area contributed by atoms with Crippen molar-refractivity contribution in [1.29, 1.82) is 0 Å². The Morgan fingerprint density at radius 2 is 1.96 bits per heavy atom. The Hall–Kier alpha value is -1.25. The van der Waals surface area contributed by atoms with E-state index in [1.165, 1.54) is 12.1 Å². The Balaban J connectivity index is 1.72. The van der Waals surface area contributed by atoms with Crippen molar-refractivity contribution in [1.82, 2.24) is 0 Å². The second kappa shape index (κ2) is 7.17. The van der Waals surface area contributed by atoms with Crippen LogP contribution in [0.3, 0.4) is 0 Å². The van der Waals surface area contributed by atoms with E-state index in [2.05, 4.69) is 15.9 Å². The summed E-state index contributed by atoms with van der Waals surface area (Å²) < 4.78 is 35.9. The third-order valence-electron chi connectivity index (χ3n) is 4.24. The van der Waals surface area contributed by atoms with Crippen molar-refractivity contribution in [2.75, 3.05) is 13.2 Å². The van der Waals surface area contributed by atoms with Gasteiger partial charge in [0.25, 0.3) is 10.1 Å². The van der Waals surface area contributed by atoms with Crippen LogP contribution in [0.25, 0.3) is 0 Å². The molecule has 0 spiro atoms. The molecule has 134 valence electrons. The lowest BCUT2D eigenvalue weighted by Crippen LogP contribution is -2.37. The third kappa shape index (κ3) is 4.12. The number of hydrogen-bond acceptors (Lipinski definition) is 5. The first-order valence-electron chi connectivity index (χ1n) is 7.85. The van der Waals surface area contributed by atoms with Crippen LogP contribution in [0.5, 0.6) is 0 Å². The van der Waals surface area contributed by atoms with Crippen LogP contribution in [0, 0.1) is 6.92 Å². The van der Waals surface area contributed by atoms with E-state index in [0.29, 0.717) is 6.61 Å². The molecular formula is C18H19BrO5S. The van der Waals surface area contributed by atoms with E-state index in [4.69, 9.17) is 8.92 Å². The van der Waals surface area contributed by atoms with E-state index in [1.807, 2.05) is 25.1 Å². The van der Waals surface area contributed by atoms with Gasteiger partial charge in [0.2, 0.25) is 0 Å². The number of rotatable bonds is 5. The smallest absolute Gasteiger partial charge is 0.296 e. The zero-order valence-electron chi connectivity index (χ0n) is 13.7. The van der Waals surface area contributed by atoms with Crippen molar-refractivity contribution in [2.24, 2.45) is 0 Å². The highest BCUT2D eigenvalue weighted by Crippen LogP contribution is 2.35. The molecule has 1 N–H and O–H groups in total. The van der Waals surface area contributed by atoms with E-state index in [1.54, 1.807) is 12.1 Å². The van der Waals surface area contributed by atoms with Crippen LogP contribution >= 0.6 is 15.9 Å². The van der Waals surface area contributed by atoms with Crippen molar-refractivity contribution in [3.8, 4) is 0 Å². The Morgan fingerprint density at radius 3 is 2.68 bits per heavy atom. The topological polar surface area (TPSA) is 72.8 Å². The number of halogens is 1. The molecular weight excluding hydrogens is 408 g/mol. The van der Waals surface area contributed by atoms with Gasteiger partial charge in [0.15, 0.2) is 0 Å². The molecule has 2 aromatic carbocycles. The van der Waals surface area contributed by atoms with Gasteiger partial charge in [-0.3, -0.25) is 4.18 Å². The van der Waals surface area contributed by atoms with E-state index >= 15 is 0 Å². The monoisotopic (exact) mass is 426 g/mol. The number of benzene rings is 2. The quantitative estimate of drug-likeness (QED) is 0.742. The number of aliphatic hydroxyl groups is 1. The van der Waals surface area contributed by atoms with Crippen LogP contribution in [0.2, 0.25) is 0 Å². The van der Waals surface area contributed by atoms with Gasteiger partial charge in [0.1, 0.15) is 5.60 Å². The highest BCUT2D eigenvalue weighted by molar-refractivity contribution is 9.10. The first-order valence-corrected chi connectivity index (χ1v) is 10.1. The molecule has 1 aliphatic heterocycles. The average Bonchev–Trinajstić information content (AvgIpc) is 2.56. The maximum Gasteiger partial charge on any atom is 0.296 e. The summed E-state index contributed by atoms with van der Waals surface area (Å²) in [4.78, 5) is 0.105. The molecule has 0 fully saturated rings. The fourth-order valence-corrected chi connectivity index (χ4v) is 4.08. The molecule has 1 atom stereocenters. The molecule has 0 bridgehead atoms. The minimum absolute atomic E-state index is 0.102. The van der Waals surface area contributed by atoms with Crippen LogP contribution in [-0.4, -0.2) is 26.7 Å². The molecule has 2 aromatic rings. The predicted octanol–water partition coefficient (Wildman–Crippen LogP) is 3.27. The van der Waals surface area contributed by atoms with Gasteiger partial charge >= 0.3 is 0 Å². The second-order valence-electron chi connectivity index (χ2n) is 6.17. The molecule has 0 radical (unpaired) electrons. The van der Waals surface area contributed by atoms with E-state index in [-0.39, 0.29) is 24.5 Å². The minimum Gasteiger partial charge on any atom is -0.383 e. The molecule has 0 saturated heterocycles. The first kappa shape index (κ1) is 18.5. The van der Waals surface area contributed by atoms with Gasteiger partial charge in [-0.05, 0) is 42.3 Å². The van der Waals surface area contributed by atoms with Crippen LogP contribution < -0.4 is 0 Å². The summed E-state index contributed by atoms with van der Waals surface area (Å²) in [6, 6.07) is 12.1. The standard InChI is InChI=1S/C18H19BrO5S/c1-13-2-6-16(7-3-13)25(21,22)24-9-8-18(20)12-23-11-14-4-5-15(19)10-17(14)18/h2-7,10,20H,8-9,11-12H2,1H3. The van der Waals surface area contributed by atoms with Gasteiger partial charge in [0, 0.05) is 10.9 Å². The first-order chi connectivity index (χ1) is 11.8. The summed E-state index contributed by atoms with van der Waals surface area (Å²) in [5, 5.41) is 10.9. The van der Waals surface area contributed by atoms with Gasteiger partial charge in [0.05, 0.1) is 24.7 Å². The van der Waals surface area contributed by atoms with Gasteiger partial charge < -0.3 is 9.84 Å². The van der Waals surface area contributed by atoms with Crippen molar-refractivity contribution in [3.63, 3.8) is 0 Å². The third-order valence-corrected chi connectivity index (χ3v) is 6.06. The molecule has 3 rings (SSSR count). The van der Waals surface area contributed by atoms with Crippen LogP contribution in [0.4, 0.5) is 0 Å². The van der Waals surface area contributed by atoms with Crippen LogP contribution in [0.15, 0.2) is 51.8 Å². The molecule has 7 heteroatoms. The molecule has 5 nitrogen and oxygen atoms in total. The molecule has 1 aliphatic rings. The fraction of sp³-hybridized carbons (Fsp3) is 0.333. The Labute approximate surface area is 155 Å². The Bertz CT molecular complexity index is 864. The van der Waals surface area contributed by atoms with Crippen molar-refractivity contribution in [2.45, 2.75) is 30.4 Å². The largest absolute Gasteiger partial charge is 0.383 e. The van der Waals surface area contributed by atoms with Crippen LogP contribution in [-0.2, 0) is 31.2 Å². The fourth-order valence-electron chi connectivity index (χ4n) is 2.82. The molecule has 0 saturated carbocycles. The van der Waals surface area contributed by atoms with Gasteiger partial charge in [-0.25, -0.2) is 0 Å². The number of hydrogen-bond donors (Lipinski definition) is 1. The van der Waals surface area contributed by atoms with E-state index in [0.717, 1.165) is 21.2 Å². The molecule has 1 heterocycles. The SMILES string of the molecule is Cc1ccc(S(=O)(=O)OCCC2(O)COCc3ccc(Br)cc32)cc1. The molecule has 25 heavy (non-hydrogen) atoms. The molecule has 0 amide bonds. The normalized spacial score (nSPS) is 20.3. The summed E-state index contributed by atoms with van der Waals surface area (Å²) >= 11 is 3.40. The van der Waals surface area contributed by atoms with Crippen LogP contribution in [0.1, 0.15) is 23.1 Å². The molecule has 0 aromatic heterocycles. The van der Waals surface area contributed by atoms with Gasteiger partial charge in [-0.2, -0.15) is 8.42 Å². The van der Waals surface area contributed by atoms with E-state index in [9.17, 15) is 13.5 Å². The maximum absolute atomic E-state index is 12.2. The lowest BCUT2D eigenvalue weighted by atomic mass is 9.86. The van der Waals surface area contributed by atoms with Crippen molar-refractivity contribution in [3.05, 3.63) is 63.6 Å². The van der Waals surface area contributed by atoms with Crippen molar-refractivity contribution < 1.29 is 22.4 Å². The molecule has 0 aliphatic carbocycles. The Kier molecular flexibility index (Phi) is 5.31. The lowest BCUT2D eigenvalue weighted by Gasteiger charge is -2.34. The van der Waals surface area contributed by atoms with Crippen molar-refractivity contribution >= 4 is 26.0 Å². The zero-order valence-corrected chi connectivity index (χ0v) is 16.1. The summed E-state index contributed by atoms with van der Waals surface area (Å²) in [6.45, 7) is 2.27. The summed E-state index contributed by atoms with van der Waals surface area (Å²) in [5.41, 5.74) is 1.32. The Morgan fingerprint density at radius 1 is 1.24 bits per heavy atom. The van der Waals surface area contributed by atoms with Gasteiger partial charge in [-0.1, -0.05) is 39.7 Å². The minimum atomic E-state index is -3.85. The summed E-state index contributed by atoms with van der Waals surface area (Å²) in [6.07, 6.45) is 0.113. The second-order valence-corrected chi connectivity index (χ2v) is 8.70. The predicted molar refractivity (Wildman–Crippen MR) is 96.6 cm³/mol. The summed E-state index contributed by atoms with van der Waals surface area (Å²) in [7, 11) is -3.85. The van der Waals surface area contributed by atoms with E-state index < -0.39 is 15.7 Å². The summed E-state index contributed by atoms with van der Waals surface area (Å²) in [5.74, 6) is 0. The highest BCUT2D eigenvalue weighted by atomic mass is 79.9. The number of fused-ring (bicyclic) bond motifs is 1. The molecule has 1 unspecified atom stereocenters. The highest BCUT2D eigenvalue weighted by Gasteiger charge is 2.35. The average molecular weight is 427 g/mol. The lowest BCUT2D eigenvalue weighted by molar-refractivity contribution is -0.0827. The zero-order chi connectivity index (χ0) is 18.1. The van der Waals surface area contributed by atoms with Gasteiger partial charge in [-0.15, -0.1) is 0 Å².